The van der Waals surface area contributed by atoms with Gasteiger partial charge in [-0.25, -0.2) is 4.79 Å². The molecule has 1 aromatic heterocycles. The summed E-state index contributed by atoms with van der Waals surface area (Å²) in [6.45, 7) is 4.44. The highest BCUT2D eigenvalue weighted by atomic mass is 19.4. The normalized spacial score (nSPS) is 12.9. The quantitative estimate of drug-likeness (QED) is 0.815. The standard InChI is InChI=1S/C9H10F3NO3/c1-8(2,3)6-4(9(10,11)12)5(7(14)15)13-16-6/h1-3H3,(H,14,15). The van der Waals surface area contributed by atoms with Gasteiger partial charge in [0.2, 0.25) is 5.69 Å². The molecule has 1 rings (SSSR count). The lowest BCUT2D eigenvalue weighted by molar-refractivity contribution is -0.139. The van der Waals surface area contributed by atoms with Crippen LogP contribution in [-0.4, -0.2) is 16.2 Å². The van der Waals surface area contributed by atoms with Crippen LogP contribution in [0.2, 0.25) is 0 Å². The molecule has 1 heterocycles. The van der Waals surface area contributed by atoms with Gasteiger partial charge in [-0.3, -0.25) is 0 Å². The van der Waals surface area contributed by atoms with Gasteiger partial charge in [-0.15, -0.1) is 0 Å². The van der Waals surface area contributed by atoms with Crippen LogP contribution in [-0.2, 0) is 11.6 Å². The molecule has 0 aliphatic rings. The van der Waals surface area contributed by atoms with E-state index in [0.29, 0.717) is 0 Å². The van der Waals surface area contributed by atoms with E-state index in [2.05, 4.69) is 9.68 Å². The summed E-state index contributed by atoms with van der Waals surface area (Å²) < 4.78 is 42.5. The number of aromatic carboxylic acids is 1. The molecule has 0 spiro atoms. The summed E-state index contributed by atoms with van der Waals surface area (Å²) in [5.74, 6) is -2.23. The summed E-state index contributed by atoms with van der Waals surface area (Å²) in [5.41, 5.74) is -3.38. The van der Waals surface area contributed by atoms with E-state index in [-0.39, 0.29) is 0 Å². The maximum atomic E-state index is 12.7. The predicted octanol–water partition coefficient (Wildman–Crippen LogP) is 2.69. The van der Waals surface area contributed by atoms with E-state index in [1.54, 1.807) is 0 Å². The Morgan fingerprint density at radius 3 is 2.12 bits per heavy atom. The van der Waals surface area contributed by atoms with Gasteiger partial charge in [0, 0.05) is 5.41 Å². The van der Waals surface area contributed by atoms with Crippen molar-refractivity contribution >= 4 is 5.97 Å². The molecule has 0 saturated heterocycles. The summed E-state index contributed by atoms with van der Waals surface area (Å²) in [6, 6.07) is 0. The lowest BCUT2D eigenvalue weighted by atomic mass is 9.89. The molecule has 0 aliphatic heterocycles. The van der Waals surface area contributed by atoms with Crippen molar-refractivity contribution in [2.45, 2.75) is 32.4 Å². The maximum Gasteiger partial charge on any atom is 0.422 e. The zero-order valence-electron chi connectivity index (χ0n) is 8.84. The molecule has 7 heteroatoms. The Kier molecular flexibility index (Phi) is 2.74. The highest BCUT2D eigenvalue weighted by Gasteiger charge is 2.45. The van der Waals surface area contributed by atoms with E-state index in [4.69, 9.17) is 5.11 Å². The minimum Gasteiger partial charge on any atom is -0.476 e. The molecule has 0 fully saturated rings. The Balaban J connectivity index is 3.50. The van der Waals surface area contributed by atoms with Crippen LogP contribution in [0.4, 0.5) is 13.2 Å². The van der Waals surface area contributed by atoms with Crippen LogP contribution in [0.3, 0.4) is 0 Å². The Morgan fingerprint density at radius 2 is 1.81 bits per heavy atom. The van der Waals surface area contributed by atoms with Gasteiger partial charge in [-0.1, -0.05) is 25.9 Å². The minimum atomic E-state index is -4.80. The average molecular weight is 237 g/mol. The van der Waals surface area contributed by atoms with Crippen molar-refractivity contribution in [1.29, 1.82) is 0 Å². The van der Waals surface area contributed by atoms with E-state index >= 15 is 0 Å². The number of nitrogens with zero attached hydrogens (tertiary/aromatic N) is 1. The van der Waals surface area contributed by atoms with Gasteiger partial charge in [-0.2, -0.15) is 13.2 Å². The summed E-state index contributed by atoms with van der Waals surface area (Å²) in [7, 11) is 0. The van der Waals surface area contributed by atoms with Crippen LogP contribution in [0.1, 0.15) is 42.6 Å². The van der Waals surface area contributed by atoms with Crippen LogP contribution < -0.4 is 0 Å². The third-order valence-electron chi connectivity index (χ3n) is 1.86. The SMILES string of the molecule is CC(C)(C)c1onc(C(=O)O)c1C(F)(F)F. The molecule has 0 atom stereocenters. The van der Waals surface area contributed by atoms with E-state index in [1.807, 2.05) is 0 Å². The molecule has 0 saturated carbocycles. The molecular weight excluding hydrogens is 227 g/mol. The fraction of sp³-hybridized carbons (Fsp3) is 0.556. The summed E-state index contributed by atoms with van der Waals surface area (Å²) >= 11 is 0. The van der Waals surface area contributed by atoms with Crippen LogP contribution in [0.25, 0.3) is 0 Å². The van der Waals surface area contributed by atoms with Crippen molar-refractivity contribution in [3.05, 3.63) is 17.0 Å². The zero-order chi connectivity index (χ0) is 12.7. The minimum absolute atomic E-state index is 0.475. The first kappa shape index (κ1) is 12.5. The van der Waals surface area contributed by atoms with Crippen LogP contribution in [0, 0.1) is 0 Å². The Hall–Kier alpha value is -1.53. The van der Waals surface area contributed by atoms with E-state index in [9.17, 15) is 18.0 Å². The van der Waals surface area contributed by atoms with E-state index in [1.165, 1.54) is 20.8 Å². The van der Waals surface area contributed by atoms with E-state index in [0.717, 1.165) is 0 Å². The third kappa shape index (κ3) is 2.17. The van der Waals surface area contributed by atoms with Crippen molar-refractivity contribution in [2.75, 3.05) is 0 Å². The van der Waals surface area contributed by atoms with Gasteiger partial charge in [0.05, 0.1) is 0 Å². The number of hydrogen-bond acceptors (Lipinski definition) is 3. The molecule has 16 heavy (non-hydrogen) atoms. The highest BCUT2D eigenvalue weighted by Crippen LogP contribution is 2.39. The predicted molar refractivity (Wildman–Crippen MR) is 47.2 cm³/mol. The summed E-state index contributed by atoms with van der Waals surface area (Å²) in [6.07, 6.45) is -4.80. The fourth-order valence-corrected chi connectivity index (χ4v) is 1.21. The lowest BCUT2D eigenvalue weighted by Gasteiger charge is -2.17. The fourth-order valence-electron chi connectivity index (χ4n) is 1.21. The monoisotopic (exact) mass is 237 g/mol. The first-order chi connectivity index (χ1) is 7.05. The summed E-state index contributed by atoms with van der Waals surface area (Å²) in [5, 5.41) is 11.5. The Bertz CT molecular complexity index is 415. The van der Waals surface area contributed by atoms with E-state index < -0.39 is 34.6 Å². The largest absolute Gasteiger partial charge is 0.476 e. The second kappa shape index (κ2) is 3.50. The van der Waals surface area contributed by atoms with Gasteiger partial charge in [0.1, 0.15) is 5.56 Å². The van der Waals surface area contributed by atoms with Crippen molar-refractivity contribution in [2.24, 2.45) is 0 Å². The molecule has 0 aromatic carbocycles. The number of aromatic nitrogens is 1. The highest BCUT2D eigenvalue weighted by molar-refractivity contribution is 5.87. The van der Waals surface area contributed by atoms with Crippen LogP contribution in [0.5, 0.6) is 0 Å². The smallest absolute Gasteiger partial charge is 0.422 e. The van der Waals surface area contributed by atoms with Gasteiger partial charge in [-0.05, 0) is 0 Å². The van der Waals surface area contributed by atoms with Gasteiger partial charge >= 0.3 is 12.1 Å². The molecular formula is C9H10F3NO3. The first-order valence-electron chi connectivity index (χ1n) is 4.35. The molecule has 0 bridgehead atoms. The molecule has 0 aliphatic carbocycles. The second-order valence-electron chi connectivity index (χ2n) is 4.29. The first-order valence-corrected chi connectivity index (χ1v) is 4.35. The number of rotatable bonds is 1. The van der Waals surface area contributed by atoms with Crippen molar-refractivity contribution in [3.8, 4) is 0 Å². The van der Waals surface area contributed by atoms with Crippen molar-refractivity contribution in [1.82, 2.24) is 5.16 Å². The Labute approximate surface area is 89.0 Å². The molecule has 0 amide bonds. The number of carboxylic acids is 1. The third-order valence-corrected chi connectivity index (χ3v) is 1.86. The molecule has 90 valence electrons. The van der Waals surface area contributed by atoms with Crippen molar-refractivity contribution in [3.63, 3.8) is 0 Å². The number of alkyl halides is 3. The molecule has 0 unspecified atom stereocenters. The number of carboxylic acid groups (broad SMARTS) is 1. The van der Waals surface area contributed by atoms with Crippen LogP contribution in [0.15, 0.2) is 4.52 Å². The summed E-state index contributed by atoms with van der Waals surface area (Å²) in [4.78, 5) is 10.6. The Morgan fingerprint density at radius 1 is 1.31 bits per heavy atom. The number of carbonyl (C=O) groups is 1. The lowest BCUT2D eigenvalue weighted by Crippen LogP contribution is -2.20. The average Bonchev–Trinajstić information content (AvgIpc) is 2.43. The molecule has 1 N–H and O–H groups in total. The van der Waals surface area contributed by atoms with Gasteiger partial charge in [0.25, 0.3) is 0 Å². The second-order valence-corrected chi connectivity index (χ2v) is 4.29. The molecule has 0 radical (unpaired) electrons. The zero-order valence-corrected chi connectivity index (χ0v) is 8.84. The maximum absolute atomic E-state index is 12.7. The topological polar surface area (TPSA) is 63.3 Å². The number of halogens is 3. The number of hydrogen-bond donors (Lipinski definition) is 1. The molecule has 1 aromatic rings. The molecule has 4 nitrogen and oxygen atoms in total. The van der Waals surface area contributed by atoms with Crippen LogP contribution >= 0.6 is 0 Å². The van der Waals surface area contributed by atoms with Gasteiger partial charge in [0.15, 0.2) is 5.76 Å². The van der Waals surface area contributed by atoms with Crippen molar-refractivity contribution < 1.29 is 27.6 Å². The van der Waals surface area contributed by atoms with Gasteiger partial charge < -0.3 is 9.63 Å².